The van der Waals surface area contributed by atoms with Gasteiger partial charge >= 0.3 is 5.97 Å². The number of carboxylic acid groups (broad SMARTS) is 1. The molecule has 2 aromatic rings. The van der Waals surface area contributed by atoms with Crippen LogP contribution in [0.3, 0.4) is 0 Å². The van der Waals surface area contributed by atoms with E-state index in [-0.39, 0.29) is 12.3 Å². The first kappa shape index (κ1) is 18.7. The number of aromatic amines is 1. The van der Waals surface area contributed by atoms with Crippen LogP contribution >= 0.6 is 0 Å². The number of carboxylic acids is 1. The Balaban J connectivity index is 0.00000127. The highest BCUT2D eigenvalue weighted by atomic mass is 16.4. The van der Waals surface area contributed by atoms with E-state index in [1.807, 2.05) is 30.5 Å². The second-order valence-electron chi connectivity index (χ2n) is 5.09. The van der Waals surface area contributed by atoms with Gasteiger partial charge in [-0.2, -0.15) is 0 Å². The van der Waals surface area contributed by atoms with Crippen LogP contribution in [0.25, 0.3) is 10.9 Å². The number of unbranched alkanes of at least 4 members (excludes halogenated alkanes) is 2. The zero-order chi connectivity index (χ0) is 17.1. The standard InChI is InChI=1S/C16H20N2O3.H3NO/c19-15(17-9-5-1-2-8-16(20)21)10-12-11-18-14-7-4-3-6-13(12)14;1-2/h3-4,6-7,11,18H,1-2,5,8-10H2,(H,17,19)(H,20,21);2H,1H2. The number of rotatable bonds is 8. The topological polar surface area (TPSA) is 128 Å². The number of aromatic nitrogens is 1. The molecule has 23 heavy (non-hydrogen) atoms. The largest absolute Gasteiger partial charge is 0.481 e. The number of amides is 1. The molecule has 0 spiro atoms. The van der Waals surface area contributed by atoms with Crippen molar-refractivity contribution < 1.29 is 19.9 Å². The molecule has 0 unspecified atom stereocenters. The minimum absolute atomic E-state index is 0.00186. The van der Waals surface area contributed by atoms with Gasteiger partial charge in [-0.25, -0.2) is 5.90 Å². The number of hydrogen-bond donors (Lipinski definition) is 5. The lowest BCUT2D eigenvalue weighted by Gasteiger charge is -2.04. The van der Waals surface area contributed by atoms with E-state index >= 15 is 0 Å². The summed E-state index contributed by atoms with van der Waals surface area (Å²) in [4.78, 5) is 25.4. The van der Waals surface area contributed by atoms with Crippen molar-refractivity contribution in [1.29, 1.82) is 0 Å². The zero-order valence-electron chi connectivity index (χ0n) is 12.9. The third kappa shape index (κ3) is 6.50. The summed E-state index contributed by atoms with van der Waals surface area (Å²) < 4.78 is 0. The summed E-state index contributed by atoms with van der Waals surface area (Å²) in [5.74, 6) is 2.73. The average molecular weight is 321 g/mol. The molecule has 7 heteroatoms. The van der Waals surface area contributed by atoms with Crippen LogP contribution in [0.2, 0.25) is 0 Å². The van der Waals surface area contributed by atoms with Crippen LogP contribution in [0.1, 0.15) is 31.2 Å². The molecule has 0 atom stereocenters. The fraction of sp³-hybridized carbons (Fsp3) is 0.375. The van der Waals surface area contributed by atoms with Crippen LogP contribution in [0.15, 0.2) is 30.5 Å². The Morgan fingerprint density at radius 1 is 1.13 bits per heavy atom. The monoisotopic (exact) mass is 321 g/mol. The molecule has 0 saturated heterocycles. The Morgan fingerprint density at radius 3 is 2.61 bits per heavy atom. The van der Waals surface area contributed by atoms with Crippen molar-refractivity contribution in [3.8, 4) is 0 Å². The lowest BCUT2D eigenvalue weighted by atomic mass is 10.1. The summed E-state index contributed by atoms with van der Waals surface area (Å²) in [6.07, 6.45) is 4.72. The van der Waals surface area contributed by atoms with Gasteiger partial charge in [-0.3, -0.25) is 9.59 Å². The number of aliphatic carboxylic acids is 1. The van der Waals surface area contributed by atoms with Crippen LogP contribution in [0, 0.1) is 0 Å². The molecule has 0 bridgehead atoms. The second-order valence-corrected chi connectivity index (χ2v) is 5.09. The molecular formula is C16H23N3O4. The van der Waals surface area contributed by atoms with Gasteiger partial charge in [0.25, 0.3) is 0 Å². The Kier molecular flexibility index (Phi) is 8.41. The Bertz CT molecular complexity index is 625. The van der Waals surface area contributed by atoms with Crippen molar-refractivity contribution in [1.82, 2.24) is 10.3 Å². The molecule has 2 rings (SSSR count). The predicted molar refractivity (Wildman–Crippen MR) is 87.1 cm³/mol. The fourth-order valence-electron chi connectivity index (χ4n) is 2.32. The summed E-state index contributed by atoms with van der Waals surface area (Å²) >= 11 is 0. The van der Waals surface area contributed by atoms with Crippen molar-refractivity contribution in [3.05, 3.63) is 36.0 Å². The molecular weight excluding hydrogens is 298 g/mol. The van der Waals surface area contributed by atoms with Crippen LogP contribution < -0.4 is 11.2 Å². The molecule has 7 nitrogen and oxygen atoms in total. The van der Waals surface area contributed by atoms with Crippen LogP contribution in [-0.4, -0.2) is 33.7 Å². The first-order chi connectivity index (χ1) is 11.2. The highest BCUT2D eigenvalue weighted by molar-refractivity contribution is 5.88. The molecule has 1 amide bonds. The quantitative estimate of drug-likeness (QED) is 0.374. The van der Waals surface area contributed by atoms with Crippen LogP contribution in [0.5, 0.6) is 0 Å². The maximum atomic E-state index is 11.9. The van der Waals surface area contributed by atoms with E-state index in [2.05, 4.69) is 16.2 Å². The van der Waals surface area contributed by atoms with Gasteiger partial charge in [0, 0.05) is 30.1 Å². The Hall–Kier alpha value is -2.38. The SMILES string of the molecule is NO.O=C(O)CCCCCNC(=O)Cc1c[nH]c2ccccc12. The lowest BCUT2D eigenvalue weighted by molar-refractivity contribution is -0.137. The summed E-state index contributed by atoms with van der Waals surface area (Å²) in [5, 5.41) is 19.0. The maximum Gasteiger partial charge on any atom is 0.303 e. The van der Waals surface area contributed by atoms with E-state index in [0.29, 0.717) is 19.4 Å². The van der Waals surface area contributed by atoms with Crippen molar-refractivity contribution in [2.75, 3.05) is 6.54 Å². The van der Waals surface area contributed by atoms with E-state index < -0.39 is 5.97 Å². The third-order valence-electron chi connectivity index (χ3n) is 3.42. The first-order valence-corrected chi connectivity index (χ1v) is 7.46. The molecule has 0 radical (unpaired) electrons. The van der Waals surface area contributed by atoms with Gasteiger partial charge in [-0.1, -0.05) is 24.6 Å². The summed E-state index contributed by atoms with van der Waals surface area (Å²) in [5.41, 5.74) is 2.03. The third-order valence-corrected chi connectivity index (χ3v) is 3.42. The van der Waals surface area contributed by atoms with E-state index in [4.69, 9.17) is 10.3 Å². The van der Waals surface area contributed by atoms with Gasteiger partial charge in [0.1, 0.15) is 0 Å². The molecule has 0 aliphatic carbocycles. The molecule has 1 aromatic heterocycles. The molecule has 0 fully saturated rings. The number of hydrogen-bond acceptors (Lipinski definition) is 4. The molecule has 1 aromatic carbocycles. The molecule has 0 aliphatic rings. The number of nitrogens with two attached hydrogens (primary N) is 1. The van der Waals surface area contributed by atoms with Gasteiger partial charge in [0.2, 0.25) is 5.91 Å². The van der Waals surface area contributed by atoms with Crippen molar-refractivity contribution in [2.24, 2.45) is 5.90 Å². The number of carbonyl (C=O) groups is 2. The highest BCUT2D eigenvalue weighted by Crippen LogP contribution is 2.17. The Morgan fingerprint density at radius 2 is 1.87 bits per heavy atom. The van der Waals surface area contributed by atoms with Crippen molar-refractivity contribution in [3.63, 3.8) is 0 Å². The van der Waals surface area contributed by atoms with E-state index in [0.717, 1.165) is 29.3 Å². The second kappa shape index (κ2) is 10.4. The summed E-state index contributed by atoms with van der Waals surface area (Å²) in [7, 11) is 0. The predicted octanol–water partition coefficient (Wildman–Crippen LogP) is 1.81. The van der Waals surface area contributed by atoms with Gasteiger partial charge in [0.05, 0.1) is 6.42 Å². The number of benzene rings is 1. The number of H-pyrrole nitrogens is 1. The molecule has 6 N–H and O–H groups in total. The van der Waals surface area contributed by atoms with Crippen LogP contribution in [-0.2, 0) is 16.0 Å². The number of para-hydroxylation sites is 1. The summed E-state index contributed by atoms with van der Waals surface area (Å²) in [6, 6.07) is 7.90. The normalized spacial score (nSPS) is 10.0. The Labute approximate surface area is 134 Å². The zero-order valence-corrected chi connectivity index (χ0v) is 12.9. The van der Waals surface area contributed by atoms with E-state index in [1.54, 1.807) is 0 Å². The molecule has 0 aliphatic heterocycles. The number of fused-ring (bicyclic) bond motifs is 1. The van der Waals surface area contributed by atoms with Gasteiger partial charge < -0.3 is 20.6 Å². The fourth-order valence-corrected chi connectivity index (χ4v) is 2.32. The molecule has 0 saturated carbocycles. The van der Waals surface area contributed by atoms with Crippen molar-refractivity contribution in [2.45, 2.75) is 32.1 Å². The number of carbonyl (C=O) groups excluding carboxylic acids is 1. The summed E-state index contributed by atoms with van der Waals surface area (Å²) in [6.45, 7) is 0.598. The average Bonchev–Trinajstić information content (AvgIpc) is 2.95. The van der Waals surface area contributed by atoms with Crippen molar-refractivity contribution >= 4 is 22.8 Å². The van der Waals surface area contributed by atoms with Gasteiger partial charge in [-0.15, -0.1) is 0 Å². The first-order valence-electron chi connectivity index (χ1n) is 7.46. The van der Waals surface area contributed by atoms with Gasteiger partial charge in [0.15, 0.2) is 0 Å². The smallest absolute Gasteiger partial charge is 0.303 e. The number of nitrogens with one attached hydrogen (secondary N) is 2. The van der Waals surface area contributed by atoms with Crippen LogP contribution in [0.4, 0.5) is 0 Å². The molecule has 1 heterocycles. The minimum atomic E-state index is -0.765. The molecule has 126 valence electrons. The van der Waals surface area contributed by atoms with E-state index in [1.165, 1.54) is 0 Å². The van der Waals surface area contributed by atoms with E-state index in [9.17, 15) is 9.59 Å². The minimum Gasteiger partial charge on any atom is -0.481 e. The highest BCUT2D eigenvalue weighted by Gasteiger charge is 2.07. The lowest BCUT2D eigenvalue weighted by Crippen LogP contribution is -2.26. The van der Waals surface area contributed by atoms with Gasteiger partial charge in [-0.05, 0) is 24.5 Å². The maximum absolute atomic E-state index is 11.9.